The van der Waals surface area contributed by atoms with Gasteiger partial charge in [-0.05, 0) is 36.6 Å². The van der Waals surface area contributed by atoms with E-state index in [0.29, 0.717) is 31.1 Å². The molecule has 1 fully saturated rings. The summed E-state index contributed by atoms with van der Waals surface area (Å²) in [5.74, 6) is -0.155. The van der Waals surface area contributed by atoms with Gasteiger partial charge in [-0.3, -0.25) is 9.48 Å². The molecule has 174 valence electrons. The van der Waals surface area contributed by atoms with Crippen LogP contribution in [0, 0.1) is 0 Å². The molecular weight excluding hydrogens is 440 g/mol. The van der Waals surface area contributed by atoms with Crippen LogP contribution in [0.3, 0.4) is 0 Å². The van der Waals surface area contributed by atoms with E-state index >= 15 is 0 Å². The average molecular weight is 469 g/mol. The molecule has 0 bridgehead atoms. The topological polar surface area (TPSA) is 93.5 Å². The number of methoxy groups -OCH3 is 1. The highest BCUT2D eigenvalue weighted by atomic mass is 32.2. The van der Waals surface area contributed by atoms with E-state index in [9.17, 15) is 13.2 Å². The fourth-order valence-electron chi connectivity index (χ4n) is 3.94. The largest absolute Gasteiger partial charge is 0.496 e. The molecule has 2 aromatic carbocycles. The number of ether oxygens (including phenoxy) is 1. The average Bonchev–Trinajstić information content (AvgIpc) is 3.07. The molecule has 2 heterocycles. The number of hydrogen-bond donors (Lipinski definition) is 1. The molecule has 4 rings (SSSR count). The van der Waals surface area contributed by atoms with Gasteiger partial charge in [0.1, 0.15) is 5.75 Å². The van der Waals surface area contributed by atoms with E-state index in [4.69, 9.17) is 4.74 Å². The monoisotopic (exact) mass is 468 g/mol. The zero-order valence-corrected chi connectivity index (χ0v) is 19.4. The maximum absolute atomic E-state index is 13.2. The minimum atomic E-state index is -3.69. The molecule has 1 saturated heterocycles. The van der Waals surface area contributed by atoms with Crippen molar-refractivity contribution in [3.63, 3.8) is 0 Å². The van der Waals surface area contributed by atoms with Crippen LogP contribution in [0.1, 0.15) is 41.6 Å². The number of nitrogens with zero attached hydrogens (tertiary/aromatic N) is 3. The van der Waals surface area contributed by atoms with Crippen LogP contribution in [0.5, 0.6) is 5.75 Å². The third kappa shape index (κ3) is 5.43. The Kier molecular flexibility index (Phi) is 7.10. The lowest BCUT2D eigenvalue weighted by Gasteiger charge is -2.20. The van der Waals surface area contributed by atoms with Gasteiger partial charge in [0.05, 0.1) is 36.0 Å². The van der Waals surface area contributed by atoms with Crippen LogP contribution in [0.2, 0.25) is 0 Å². The Morgan fingerprint density at radius 2 is 1.79 bits per heavy atom. The Hall–Kier alpha value is -3.17. The third-order valence-corrected chi connectivity index (χ3v) is 7.59. The van der Waals surface area contributed by atoms with E-state index in [-0.39, 0.29) is 10.5 Å². The highest BCUT2D eigenvalue weighted by Crippen LogP contribution is 2.27. The summed E-state index contributed by atoms with van der Waals surface area (Å²) in [5.41, 5.74) is 1.76. The Balaban J connectivity index is 1.53. The summed E-state index contributed by atoms with van der Waals surface area (Å²) < 4.78 is 34.9. The van der Waals surface area contributed by atoms with Crippen molar-refractivity contribution in [2.24, 2.45) is 0 Å². The number of amides is 1. The number of anilines is 1. The molecule has 0 radical (unpaired) electrons. The molecule has 1 amide bonds. The van der Waals surface area contributed by atoms with Gasteiger partial charge in [-0.2, -0.15) is 9.40 Å². The molecule has 1 aromatic heterocycles. The van der Waals surface area contributed by atoms with Crippen LogP contribution in [0.15, 0.2) is 65.8 Å². The highest BCUT2D eigenvalue weighted by Gasteiger charge is 2.27. The Morgan fingerprint density at radius 3 is 2.48 bits per heavy atom. The molecule has 1 N–H and O–H groups in total. The fourth-order valence-corrected chi connectivity index (χ4v) is 5.48. The standard InChI is InChI=1S/C24H28N4O4S/c1-32-23-12-11-21(33(30,31)28-13-7-2-3-8-14-28)15-22(23)24(29)26-20-16-25-27(18-20)17-19-9-5-4-6-10-19/h4-6,9-12,15-16,18H,2-3,7-8,13-14,17H2,1H3,(H,26,29). The molecule has 33 heavy (non-hydrogen) atoms. The van der Waals surface area contributed by atoms with E-state index in [1.807, 2.05) is 30.3 Å². The summed E-state index contributed by atoms with van der Waals surface area (Å²) >= 11 is 0. The number of carbonyl (C=O) groups excluding carboxylic acids is 1. The summed E-state index contributed by atoms with van der Waals surface area (Å²) in [7, 11) is -2.24. The Labute approximate surface area is 194 Å². The molecular formula is C24H28N4O4S. The van der Waals surface area contributed by atoms with E-state index in [0.717, 1.165) is 31.2 Å². The van der Waals surface area contributed by atoms with Crippen molar-refractivity contribution in [2.45, 2.75) is 37.1 Å². The van der Waals surface area contributed by atoms with Gasteiger partial charge in [-0.1, -0.05) is 43.2 Å². The number of benzene rings is 2. The maximum atomic E-state index is 13.2. The molecule has 0 aliphatic carbocycles. The Morgan fingerprint density at radius 1 is 1.06 bits per heavy atom. The first kappa shape index (κ1) is 23.0. The van der Waals surface area contributed by atoms with Crippen molar-refractivity contribution in [2.75, 3.05) is 25.5 Å². The summed E-state index contributed by atoms with van der Waals surface area (Å²) in [6.45, 7) is 1.57. The van der Waals surface area contributed by atoms with Crippen molar-refractivity contribution in [3.05, 3.63) is 72.1 Å². The second kappa shape index (κ2) is 10.2. The zero-order chi connectivity index (χ0) is 23.3. The SMILES string of the molecule is COc1ccc(S(=O)(=O)N2CCCCCC2)cc1C(=O)Nc1cnn(Cc2ccccc2)c1. The van der Waals surface area contributed by atoms with Gasteiger partial charge >= 0.3 is 0 Å². The van der Waals surface area contributed by atoms with Crippen molar-refractivity contribution in [1.82, 2.24) is 14.1 Å². The van der Waals surface area contributed by atoms with E-state index in [1.54, 1.807) is 17.1 Å². The zero-order valence-electron chi connectivity index (χ0n) is 18.6. The van der Waals surface area contributed by atoms with Gasteiger partial charge in [0.15, 0.2) is 0 Å². The van der Waals surface area contributed by atoms with Crippen molar-refractivity contribution in [3.8, 4) is 5.75 Å². The lowest BCUT2D eigenvalue weighted by atomic mass is 10.2. The van der Waals surface area contributed by atoms with Crippen LogP contribution in [-0.2, 0) is 16.6 Å². The van der Waals surface area contributed by atoms with Gasteiger partial charge in [0.25, 0.3) is 5.91 Å². The van der Waals surface area contributed by atoms with Gasteiger partial charge in [0, 0.05) is 19.3 Å². The number of nitrogens with one attached hydrogen (secondary N) is 1. The van der Waals surface area contributed by atoms with Gasteiger partial charge in [-0.15, -0.1) is 0 Å². The molecule has 0 atom stereocenters. The van der Waals surface area contributed by atoms with Crippen LogP contribution < -0.4 is 10.1 Å². The lowest BCUT2D eigenvalue weighted by molar-refractivity contribution is 0.102. The molecule has 0 spiro atoms. The van der Waals surface area contributed by atoms with Gasteiger partial charge in [0.2, 0.25) is 10.0 Å². The van der Waals surface area contributed by atoms with Crippen molar-refractivity contribution >= 4 is 21.6 Å². The normalized spacial score (nSPS) is 15.1. The quantitative estimate of drug-likeness (QED) is 0.570. The summed E-state index contributed by atoms with van der Waals surface area (Å²) in [6.07, 6.45) is 7.03. The van der Waals surface area contributed by atoms with Crippen LogP contribution >= 0.6 is 0 Å². The first-order chi connectivity index (χ1) is 16.0. The van der Waals surface area contributed by atoms with Crippen LogP contribution in [-0.4, -0.2) is 48.6 Å². The minimum absolute atomic E-state index is 0.0927. The highest BCUT2D eigenvalue weighted by molar-refractivity contribution is 7.89. The molecule has 0 unspecified atom stereocenters. The number of hydrogen-bond acceptors (Lipinski definition) is 5. The van der Waals surface area contributed by atoms with E-state index < -0.39 is 15.9 Å². The first-order valence-electron chi connectivity index (χ1n) is 11.0. The Bertz CT molecular complexity index is 1200. The first-order valence-corrected chi connectivity index (χ1v) is 12.5. The molecule has 1 aliphatic rings. The van der Waals surface area contributed by atoms with Gasteiger partial charge < -0.3 is 10.1 Å². The summed E-state index contributed by atoms with van der Waals surface area (Å²) in [5, 5.41) is 7.09. The van der Waals surface area contributed by atoms with E-state index in [1.165, 1.54) is 29.6 Å². The van der Waals surface area contributed by atoms with Crippen molar-refractivity contribution in [1.29, 1.82) is 0 Å². The molecule has 1 aliphatic heterocycles. The smallest absolute Gasteiger partial charge is 0.259 e. The number of aromatic nitrogens is 2. The number of rotatable bonds is 7. The maximum Gasteiger partial charge on any atom is 0.259 e. The molecule has 8 nitrogen and oxygen atoms in total. The molecule has 3 aromatic rings. The fraction of sp³-hybridized carbons (Fsp3) is 0.333. The predicted octanol–water partition coefficient (Wildman–Crippen LogP) is 3.76. The predicted molar refractivity (Wildman–Crippen MR) is 126 cm³/mol. The summed E-state index contributed by atoms with van der Waals surface area (Å²) in [4.78, 5) is 13.1. The minimum Gasteiger partial charge on any atom is -0.496 e. The second-order valence-corrected chi connectivity index (χ2v) is 9.98. The molecule has 0 saturated carbocycles. The third-order valence-electron chi connectivity index (χ3n) is 5.70. The van der Waals surface area contributed by atoms with E-state index in [2.05, 4.69) is 10.4 Å². The van der Waals surface area contributed by atoms with Crippen LogP contribution in [0.25, 0.3) is 0 Å². The van der Waals surface area contributed by atoms with Crippen LogP contribution in [0.4, 0.5) is 5.69 Å². The lowest BCUT2D eigenvalue weighted by Crippen LogP contribution is -2.32. The van der Waals surface area contributed by atoms with Crippen molar-refractivity contribution < 1.29 is 17.9 Å². The number of carbonyl (C=O) groups is 1. The second-order valence-electron chi connectivity index (χ2n) is 8.05. The molecule has 9 heteroatoms. The number of sulfonamides is 1. The summed E-state index contributed by atoms with van der Waals surface area (Å²) in [6, 6.07) is 14.3. The van der Waals surface area contributed by atoms with Gasteiger partial charge in [-0.25, -0.2) is 8.42 Å².